The molecule has 1 rings (SSSR count). The summed E-state index contributed by atoms with van der Waals surface area (Å²) in [5.74, 6) is 0.0760. The van der Waals surface area contributed by atoms with E-state index in [0.717, 1.165) is 4.88 Å². The second-order valence-electron chi connectivity index (χ2n) is 4.85. The maximum Gasteiger partial charge on any atom is 0.225 e. The van der Waals surface area contributed by atoms with Crippen LogP contribution in [-0.4, -0.2) is 19.0 Å². The normalized spacial score (nSPS) is 11.5. The van der Waals surface area contributed by atoms with Gasteiger partial charge in [-0.2, -0.15) is 0 Å². The van der Waals surface area contributed by atoms with E-state index >= 15 is 0 Å². The van der Waals surface area contributed by atoms with Crippen LogP contribution in [0.5, 0.6) is 0 Å². The number of nitrogens with one attached hydrogen (secondary N) is 1. The molecule has 3 N–H and O–H groups in total. The highest BCUT2D eigenvalue weighted by Crippen LogP contribution is 2.16. The van der Waals surface area contributed by atoms with Crippen molar-refractivity contribution in [3.05, 3.63) is 21.9 Å². The Bertz CT molecular complexity index is 358. The summed E-state index contributed by atoms with van der Waals surface area (Å²) in [6, 6.07) is 2.04. The smallest absolute Gasteiger partial charge is 0.225 e. The monoisotopic (exact) mass is 240 g/mol. The number of hydrogen-bond donors (Lipinski definition) is 2. The minimum absolute atomic E-state index is 0.0276. The molecule has 0 saturated carbocycles. The molecule has 0 aliphatic heterocycles. The largest absolute Gasteiger partial charge is 0.355 e. The van der Waals surface area contributed by atoms with E-state index in [4.69, 9.17) is 5.73 Å². The summed E-state index contributed by atoms with van der Waals surface area (Å²) in [5.41, 5.74) is 6.77. The van der Waals surface area contributed by atoms with E-state index in [0.29, 0.717) is 19.5 Å². The minimum Gasteiger partial charge on any atom is -0.355 e. The molecule has 1 heterocycles. The van der Waals surface area contributed by atoms with Gasteiger partial charge >= 0.3 is 0 Å². The average Bonchev–Trinajstić information content (AvgIpc) is 2.62. The number of nitrogens with two attached hydrogens (primary N) is 1. The quantitative estimate of drug-likeness (QED) is 0.823. The molecule has 1 aromatic heterocycles. The van der Waals surface area contributed by atoms with Crippen molar-refractivity contribution in [3.8, 4) is 0 Å². The van der Waals surface area contributed by atoms with Crippen LogP contribution in [0.1, 0.15) is 24.3 Å². The minimum atomic E-state index is -0.0276. The van der Waals surface area contributed by atoms with E-state index in [-0.39, 0.29) is 11.3 Å². The zero-order valence-corrected chi connectivity index (χ0v) is 11.0. The second kappa shape index (κ2) is 5.46. The number of amides is 1. The first-order valence-electron chi connectivity index (χ1n) is 5.44. The van der Waals surface area contributed by atoms with E-state index in [1.807, 2.05) is 32.2 Å². The van der Waals surface area contributed by atoms with Gasteiger partial charge in [-0.3, -0.25) is 4.79 Å². The molecule has 16 heavy (non-hydrogen) atoms. The molecule has 0 bridgehead atoms. The molecule has 0 saturated heterocycles. The molecular weight excluding hydrogens is 220 g/mol. The molecule has 0 unspecified atom stereocenters. The predicted molar refractivity (Wildman–Crippen MR) is 68.6 cm³/mol. The molecular formula is C12H20N2OS. The van der Waals surface area contributed by atoms with Crippen molar-refractivity contribution in [2.24, 2.45) is 11.1 Å². The van der Waals surface area contributed by atoms with Crippen LogP contribution in [0.3, 0.4) is 0 Å². The molecule has 0 aromatic carbocycles. The molecule has 0 aliphatic rings. The first-order valence-corrected chi connectivity index (χ1v) is 6.32. The van der Waals surface area contributed by atoms with Crippen LogP contribution in [0.25, 0.3) is 0 Å². The van der Waals surface area contributed by atoms with Gasteiger partial charge in [0.2, 0.25) is 5.91 Å². The molecule has 0 radical (unpaired) electrons. The highest BCUT2D eigenvalue weighted by Gasteiger charge is 2.16. The highest BCUT2D eigenvalue weighted by molar-refractivity contribution is 7.10. The number of aryl methyl sites for hydroxylation is 1. The lowest BCUT2D eigenvalue weighted by Gasteiger charge is -2.22. The van der Waals surface area contributed by atoms with Gasteiger partial charge in [-0.25, -0.2) is 0 Å². The lowest BCUT2D eigenvalue weighted by Crippen LogP contribution is -2.38. The molecule has 4 heteroatoms. The Hall–Kier alpha value is -0.870. The fraction of sp³-hybridized carbons (Fsp3) is 0.583. The Kier molecular flexibility index (Phi) is 4.50. The first-order chi connectivity index (χ1) is 7.44. The van der Waals surface area contributed by atoms with Gasteiger partial charge < -0.3 is 11.1 Å². The van der Waals surface area contributed by atoms with Crippen LogP contribution in [-0.2, 0) is 11.2 Å². The maximum atomic E-state index is 11.7. The van der Waals surface area contributed by atoms with Crippen LogP contribution in [0.4, 0.5) is 0 Å². The van der Waals surface area contributed by atoms with Crippen LogP contribution < -0.4 is 11.1 Å². The standard InChI is InChI=1S/C12H20N2OS/c1-9-4-5-16-10(9)6-11(15)14-8-12(2,3)7-13/h4-5H,6-8,13H2,1-3H3,(H,14,15). The Labute approximate surface area is 101 Å². The summed E-state index contributed by atoms with van der Waals surface area (Å²) in [7, 11) is 0. The summed E-state index contributed by atoms with van der Waals surface area (Å²) in [6.07, 6.45) is 0.476. The third-order valence-electron chi connectivity index (χ3n) is 2.61. The zero-order chi connectivity index (χ0) is 12.2. The van der Waals surface area contributed by atoms with E-state index < -0.39 is 0 Å². The van der Waals surface area contributed by atoms with Gasteiger partial charge in [0.25, 0.3) is 0 Å². The third-order valence-corrected chi connectivity index (χ3v) is 3.63. The molecule has 0 aliphatic carbocycles. The number of thiophene rings is 1. The topological polar surface area (TPSA) is 55.1 Å². The molecule has 3 nitrogen and oxygen atoms in total. The van der Waals surface area contributed by atoms with Gasteiger partial charge in [0.05, 0.1) is 6.42 Å². The number of rotatable bonds is 5. The summed E-state index contributed by atoms with van der Waals surface area (Å²) >= 11 is 1.63. The Balaban J connectivity index is 2.40. The second-order valence-corrected chi connectivity index (χ2v) is 5.85. The van der Waals surface area contributed by atoms with Crippen LogP contribution in [0, 0.1) is 12.3 Å². The summed E-state index contributed by atoms with van der Waals surface area (Å²) < 4.78 is 0. The van der Waals surface area contributed by atoms with E-state index in [9.17, 15) is 4.79 Å². The zero-order valence-electron chi connectivity index (χ0n) is 10.2. The maximum absolute atomic E-state index is 11.7. The first kappa shape index (κ1) is 13.2. The Morgan fingerprint density at radius 2 is 2.25 bits per heavy atom. The van der Waals surface area contributed by atoms with Crippen molar-refractivity contribution in [3.63, 3.8) is 0 Å². The van der Waals surface area contributed by atoms with Gasteiger partial charge in [0.15, 0.2) is 0 Å². The highest BCUT2D eigenvalue weighted by atomic mass is 32.1. The molecule has 0 fully saturated rings. The summed E-state index contributed by atoms with van der Waals surface area (Å²) in [4.78, 5) is 12.8. The number of hydrogen-bond acceptors (Lipinski definition) is 3. The fourth-order valence-corrected chi connectivity index (χ4v) is 2.11. The van der Waals surface area contributed by atoms with Crippen molar-refractivity contribution in [1.82, 2.24) is 5.32 Å². The predicted octanol–water partition coefficient (Wildman–Crippen LogP) is 1.70. The average molecular weight is 240 g/mol. The van der Waals surface area contributed by atoms with Crippen molar-refractivity contribution in [2.45, 2.75) is 27.2 Å². The van der Waals surface area contributed by atoms with Crippen molar-refractivity contribution in [1.29, 1.82) is 0 Å². The van der Waals surface area contributed by atoms with Gasteiger partial charge in [-0.1, -0.05) is 13.8 Å². The van der Waals surface area contributed by atoms with Crippen LogP contribution >= 0.6 is 11.3 Å². The van der Waals surface area contributed by atoms with Crippen LogP contribution in [0.15, 0.2) is 11.4 Å². The van der Waals surface area contributed by atoms with Gasteiger partial charge in [0, 0.05) is 11.4 Å². The molecule has 0 spiro atoms. The summed E-state index contributed by atoms with van der Waals surface area (Å²) in [6.45, 7) is 7.33. The van der Waals surface area contributed by atoms with E-state index in [1.165, 1.54) is 5.56 Å². The van der Waals surface area contributed by atoms with Crippen molar-refractivity contribution in [2.75, 3.05) is 13.1 Å². The van der Waals surface area contributed by atoms with Gasteiger partial charge in [-0.15, -0.1) is 11.3 Å². The lowest BCUT2D eigenvalue weighted by atomic mass is 9.94. The Morgan fingerprint density at radius 3 is 2.75 bits per heavy atom. The van der Waals surface area contributed by atoms with Gasteiger partial charge in [-0.05, 0) is 35.9 Å². The molecule has 1 aromatic rings. The van der Waals surface area contributed by atoms with Crippen molar-refractivity contribution < 1.29 is 4.79 Å². The number of carbonyl (C=O) groups excluding carboxylic acids is 1. The lowest BCUT2D eigenvalue weighted by molar-refractivity contribution is -0.120. The fourth-order valence-electron chi connectivity index (χ4n) is 1.20. The molecule has 90 valence electrons. The van der Waals surface area contributed by atoms with E-state index in [1.54, 1.807) is 11.3 Å². The number of carbonyl (C=O) groups is 1. The SMILES string of the molecule is Cc1ccsc1CC(=O)NCC(C)(C)CN. The van der Waals surface area contributed by atoms with Crippen molar-refractivity contribution >= 4 is 17.2 Å². The van der Waals surface area contributed by atoms with Crippen LogP contribution in [0.2, 0.25) is 0 Å². The van der Waals surface area contributed by atoms with E-state index in [2.05, 4.69) is 5.32 Å². The van der Waals surface area contributed by atoms with Gasteiger partial charge in [0.1, 0.15) is 0 Å². The summed E-state index contributed by atoms with van der Waals surface area (Å²) in [5, 5.41) is 4.94. The Morgan fingerprint density at radius 1 is 1.56 bits per heavy atom. The molecule has 1 amide bonds. The molecule has 0 atom stereocenters. The third kappa shape index (κ3) is 3.94.